The fourth-order valence-corrected chi connectivity index (χ4v) is 1.92. The maximum absolute atomic E-state index is 9.08. The second-order valence-corrected chi connectivity index (χ2v) is 3.88. The van der Waals surface area contributed by atoms with Gasteiger partial charge in [0, 0.05) is 25.3 Å². The van der Waals surface area contributed by atoms with E-state index >= 15 is 0 Å². The molecule has 1 saturated heterocycles. The van der Waals surface area contributed by atoms with Gasteiger partial charge in [-0.2, -0.15) is 0 Å². The Bertz CT molecular complexity index is 139. The van der Waals surface area contributed by atoms with Gasteiger partial charge in [-0.15, -0.1) is 0 Å². The summed E-state index contributed by atoms with van der Waals surface area (Å²) >= 11 is 0. The predicted octanol–water partition coefficient (Wildman–Crippen LogP) is 0.278. The zero-order valence-electron chi connectivity index (χ0n) is 7.33. The molecule has 3 heteroatoms. The van der Waals surface area contributed by atoms with E-state index in [1.807, 2.05) is 0 Å². The Morgan fingerprint density at radius 3 is 2.33 bits per heavy atom. The highest BCUT2D eigenvalue weighted by Gasteiger charge is 2.29. The number of hydrogen-bond acceptors (Lipinski definition) is 3. The molecule has 2 aliphatic rings. The molecule has 2 rings (SSSR count). The van der Waals surface area contributed by atoms with Crippen LogP contribution in [0.4, 0.5) is 0 Å². The summed E-state index contributed by atoms with van der Waals surface area (Å²) in [5.41, 5.74) is 0. The molecule has 0 radical (unpaired) electrons. The topological polar surface area (TPSA) is 41.5 Å². The quantitative estimate of drug-likeness (QED) is 0.627. The molecule has 0 unspecified atom stereocenters. The van der Waals surface area contributed by atoms with E-state index in [1.54, 1.807) is 0 Å². The van der Waals surface area contributed by atoms with Crippen LogP contribution in [0.5, 0.6) is 0 Å². The van der Waals surface area contributed by atoms with Crippen molar-refractivity contribution in [3.8, 4) is 0 Å². The Hall–Kier alpha value is -0.120. The van der Waals surface area contributed by atoms with Crippen LogP contribution in [0, 0.1) is 0 Å². The van der Waals surface area contributed by atoms with Gasteiger partial charge in [0.1, 0.15) is 0 Å². The molecule has 0 amide bonds. The molecule has 2 N–H and O–H groups in total. The van der Waals surface area contributed by atoms with E-state index in [9.17, 15) is 0 Å². The summed E-state index contributed by atoms with van der Waals surface area (Å²) in [7, 11) is 0. The molecule has 70 valence electrons. The van der Waals surface area contributed by atoms with E-state index in [-0.39, 0.29) is 6.10 Å². The molecule has 1 aliphatic carbocycles. The summed E-state index contributed by atoms with van der Waals surface area (Å²) in [5, 5.41) is 12.6. The highest BCUT2D eigenvalue weighted by Crippen LogP contribution is 2.21. The lowest BCUT2D eigenvalue weighted by molar-refractivity contribution is 0.0363. The smallest absolute Gasteiger partial charge is 0.0570 e. The Kier molecular flexibility index (Phi) is 2.63. The van der Waals surface area contributed by atoms with Gasteiger partial charge >= 0.3 is 0 Å². The zero-order chi connectivity index (χ0) is 8.39. The van der Waals surface area contributed by atoms with Gasteiger partial charge in [0.2, 0.25) is 0 Å². The molecule has 3 nitrogen and oxygen atoms in total. The van der Waals surface area contributed by atoms with E-state index in [0.29, 0.717) is 12.1 Å². The van der Waals surface area contributed by atoms with Gasteiger partial charge < -0.3 is 15.2 Å². The average Bonchev–Trinajstić information content (AvgIpc) is 2.04. The number of ether oxygens (including phenoxy) is 1. The van der Waals surface area contributed by atoms with E-state index in [2.05, 4.69) is 5.32 Å². The monoisotopic (exact) mass is 171 g/mol. The number of rotatable bonds is 2. The lowest BCUT2D eigenvalue weighted by Crippen LogP contribution is -2.49. The molecule has 0 aromatic heterocycles. The molecule has 1 aliphatic heterocycles. The molecule has 12 heavy (non-hydrogen) atoms. The maximum atomic E-state index is 9.08. The van der Waals surface area contributed by atoms with Crippen molar-refractivity contribution in [3.05, 3.63) is 0 Å². The molecule has 0 spiro atoms. The van der Waals surface area contributed by atoms with Crippen LogP contribution in [0.15, 0.2) is 0 Å². The summed E-state index contributed by atoms with van der Waals surface area (Å²) < 4.78 is 5.26. The predicted molar refractivity (Wildman–Crippen MR) is 46.0 cm³/mol. The summed E-state index contributed by atoms with van der Waals surface area (Å²) in [6, 6.07) is 1.21. The summed E-state index contributed by atoms with van der Waals surface area (Å²) in [4.78, 5) is 0. The maximum Gasteiger partial charge on any atom is 0.0570 e. The minimum atomic E-state index is -0.0395. The van der Waals surface area contributed by atoms with Crippen molar-refractivity contribution in [1.29, 1.82) is 0 Å². The average molecular weight is 171 g/mol. The van der Waals surface area contributed by atoms with Crippen LogP contribution in [0.2, 0.25) is 0 Å². The SMILES string of the molecule is OC1CC(NC2CCOCC2)C1. The number of hydrogen-bond donors (Lipinski definition) is 2. The van der Waals surface area contributed by atoms with Crippen LogP contribution in [0.1, 0.15) is 25.7 Å². The third kappa shape index (κ3) is 1.97. The first-order chi connectivity index (χ1) is 5.84. The molecule has 0 bridgehead atoms. The summed E-state index contributed by atoms with van der Waals surface area (Å²) in [5.74, 6) is 0. The van der Waals surface area contributed by atoms with Gasteiger partial charge in [-0.1, -0.05) is 0 Å². The van der Waals surface area contributed by atoms with Gasteiger partial charge in [-0.05, 0) is 25.7 Å². The number of aliphatic hydroxyl groups excluding tert-OH is 1. The molecule has 0 aromatic rings. The minimum absolute atomic E-state index is 0.0395. The van der Waals surface area contributed by atoms with Crippen molar-refractivity contribution in [2.24, 2.45) is 0 Å². The van der Waals surface area contributed by atoms with Crippen LogP contribution in [-0.4, -0.2) is 36.5 Å². The van der Waals surface area contributed by atoms with Gasteiger partial charge in [0.15, 0.2) is 0 Å². The van der Waals surface area contributed by atoms with Crippen LogP contribution in [0.3, 0.4) is 0 Å². The third-order valence-corrected chi connectivity index (χ3v) is 2.81. The highest BCUT2D eigenvalue weighted by atomic mass is 16.5. The fraction of sp³-hybridized carbons (Fsp3) is 1.00. The van der Waals surface area contributed by atoms with Crippen molar-refractivity contribution in [3.63, 3.8) is 0 Å². The molecule has 2 fully saturated rings. The normalized spacial score (nSPS) is 37.8. The lowest BCUT2D eigenvalue weighted by Gasteiger charge is -2.36. The van der Waals surface area contributed by atoms with Crippen LogP contribution >= 0.6 is 0 Å². The second kappa shape index (κ2) is 3.73. The second-order valence-electron chi connectivity index (χ2n) is 3.88. The molecule has 1 heterocycles. The van der Waals surface area contributed by atoms with Gasteiger partial charge in [0.25, 0.3) is 0 Å². The minimum Gasteiger partial charge on any atom is -0.393 e. The summed E-state index contributed by atoms with van der Waals surface area (Å²) in [6.45, 7) is 1.79. The largest absolute Gasteiger partial charge is 0.393 e. The number of nitrogens with one attached hydrogen (secondary N) is 1. The Morgan fingerprint density at radius 1 is 1.08 bits per heavy atom. The highest BCUT2D eigenvalue weighted by molar-refractivity contribution is 4.87. The van der Waals surface area contributed by atoms with Crippen molar-refractivity contribution >= 4 is 0 Å². The fourth-order valence-electron chi connectivity index (χ4n) is 1.92. The zero-order valence-corrected chi connectivity index (χ0v) is 7.33. The third-order valence-electron chi connectivity index (χ3n) is 2.81. The lowest BCUT2D eigenvalue weighted by atomic mass is 9.88. The molecular formula is C9H17NO2. The van der Waals surface area contributed by atoms with Crippen LogP contribution in [-0.2, 0) is 4.74 Å². The molecule has 0 atom stereocenters. The van der Waals surface area contributed by atoms with E-state index in [1.165, 1.54) is 0 Å². The first-order valence-corrected chi connectivity index (χ1v) is 4.86. The van der Waals surface area contributed by atoms with Crippen molar-refractivity contribution < 1.29 is 9.84 Å². The number of aliphatic hydroxyl groups is 1. The molecule has 0 aromatic carbocycles. The van der Waals surface area contributed by atoms with E-state index in [4.69, 9.17) is 9.84 Å². The molecular weight excluding hydrogens is 154 g/mol. The van der Waals surface area contributed by atoms with Crippen molar-refractivity contribution in [1.82, 2.24) is 5.32 Å². The first kappa shape index (κ1) is 8.48. The van der Waals surface area contributed by atoms with Gasteiger partial charge in [-0.25, -0.2) is 0 Å². The first-order valence-electron chi connectivity index (χ1n) is 4.86. The standard InChI is InChI=1S/C9H17NO2/c11-9-5-8(6-9)10-7-1-3-12-4-2-7/h7-11H,1-6H2. The Morgan fingerprint density at radius 2 is 1.75 bits per heavy atom. The summed E-state index contributed by atoms with van der Waals surface area (Å²) in [6.07, 6.45) is 4.11. The van der Waals surface area contributed by atoms with Crippen LogP contribution in [0.25, 0.3) is 0 Å². The van der Waals surface area contributed by atoms with E-state index < -0.39 is 0 Å². The van der Waals surface area contributed by atoms with Crippen molar-refractivity contribution in [2.45, 2.75) is 43.9 Å². The van der Waals surface area contributed by atoms with Crippen molar-refractivity contribution in [2.75, 3.05) is 13.2 Å². The van der Waals surface area contributed by atoms with Gasteiger partial charge in [-0.3, -0.25) is 0 Å². The Balaban J connectivity index is 1.65. The van der Waals surface area contributed by atoms with Gasteiger partial charge in [0.05, 0.1) is 6.10 Å². The Labute approximate surface area is 73.1 Å². The molecule has 1 saturated carbocycles. The van der Waals surface area contributed by atoms with Crippen LogP contribution < -0.4 is 5.32 Å². The van der Waals surface area contributed by atoms with E-state index in [0.717, 1.165) is 38.9 Å².